The zero-order valence-corrected chi connectivity index (χ0v) is 6.61. The van der Waals surface area contributed by atoms with Crippen LogP contribution in [0.3, 0.4) is 0 Å². The first-order valence-electron chi connectivity index (χ1n) is 3.12. The van der Waals surface area contributed by atoms with Crippen molar-refractivity contribution in [1.29, 1.82) is 0 Å². The lowest BCUT2D eigenvalue weighted by Gasteiger charge is -1.97. The third-order valence-corrected chi connectivity index (χ3v) is 2.08. The predicted octanol–water partition coefficient (Wildman–Crippen LogP) is 0.313. The summed E-state index contributed by atoms with van der Waals surface area (Å²) in [7, 11) is -2.21. The molecule has 0 bridgehead atoms. The lowest BCUT2D eigenvalue weighted by atomic mass is 10.1. The molecule has 6 heteroatoms. The van der Waals surface area contributed by atoms with Gasteiger partial charge in [-0.2, -0.15) is 8.42 Å². The van der Waals surface area contributed by atoms with Gasteiger partial charge in [-0.15, -0.1) is 10.2 Å². The Balaban J connectivity index is 2.61. The summed E-state index contributed by atoms with van der Waals surface area (Å²) in [5.74, 6) is 0. The van der Waals surface area contributed by atoms with Crippen LogP contribution in [0.4, 0.5) is 0 Å². The number of hydrogen-bond acceptors (Lipinski definition) is 5. The summed E-state index contributed by atoms with van der Waals surface area (Å²) < 4.78 is 21.0. The first-order chi connectivity index (χ1) is 5.77. The second kappa shape index (κ2) is 2.49. The lowest BCUT2D eigenvalue weighted by molar-refractivity contribution is 0.627. The Kier molecular flexibility index (Phi) is 1.47. The number of hydrogen-bond donors (Lipinski definition) is 0. The molecule has 1 heterocycles. The van der Waals surface area contributed by atoms with Crippen molar-refractivity contribution in [3.05, 3.63) is 23.9 Å². The Morgan fingerprint density at radius 2 is 2.08 bits per heavy atom. The molecular formula is C6H3N3O2S. The average Bonchev–Trinajstić information content (AvgIpc) is 2.49. The molecule has 0 unspecified atom stereocenters. The molecule has 0 aromatic rings. The van der Waals surface area contributed by atoms with Crippen molar-refractivity contribution in [1.82, 2.24) is 0 Å². The molecule has 0 aromatic heterocycles. The second-order valence-electron chi connectivity index (χ2n) is 2.17. The quantitative estimate of drug-likeness (QED) is 0.504. The molecule has 2 rings (SSSR count). The van der Waals surface area contributed by atoms with E-state index in [0.717, 1.165) is 0 Å². The summed E-state index contributed by atoms with van der Waals surface area (Å²) in [6.07, 6.45) is 4.46. The fourth-order valence-corrected chi connectivity index (χ4v) is 1.28. The largest absolute Gasteiger partial charge is 0.221 e. The van der Waals surface area contributed by atoms with Crippen LogP contribution in [-0.4, -0.2) is 19.0 Å². The van der Waals surface area contributed by atoms with Gasteiger partial charge < -0.3 is 0 Å². The van der Waals surface area contributed by atoms with Crippen LogP contribution in [0.15, 0.2) is 39.4 Å². The van der Waals surface area contributed by atoms with Crippen molar-refractivity contribution in [2.75, 3.05) is 0 Å². The first-order valence-corrected chi connectivity index (χ1v) is 4.20. The van der Waals surface area contributed by atoms with E-state index in [4.69, 9.17) is 0 Å². The molecule has 2 aliphatic rings. The van der Waals surface area contributed by atoms with E-state index >= 15 is 0 Å². The minimum absolute atomic E-state index is 0.199. The third-order valence-electron chi connectivity index (χ3n) is 1.44. The van der Waals surface area contributed by atoms with Gasteiger partial charge in [0.05, 0.1) is 4.86 Å². The molecule has 1 aliphatic heterocycles. The van der Waals surface area contributed by atoms with Crippen LogP contribution in [0, 0.1) is 0 Å². The number of nitrogens with zero attached hydrogens (tertiary/aromatic N) is 3. The maximum atomic E-state index is 10.5. The van der Waals surface area contributed by atoms with Crippen LogP contribution in [0.25, 0.3) is 0 Å². The highest BCUT2D eigenvalue weighted by Crippen LogP contribution is 2.14. The van der Waals surface area contributed by atoms with E-state index < -0.39 is 10.3 Å². The van der Waals surface area contributed by atoms with E-state index in [1.807, 2.05) is 0 Å². The van der Waals surface area contributed by atoms with E-state index in [1.54, 1.807) is 6.08 Å². The van der Waals surface area contributed by atoms with Crippen molar-refractivity contribution in [2.24, 2.45) is 15.4 Å². The molecular weight excluding hydrogens is 178 g/mol. The summed E-state index contributed by atoms with van der Waals surface area (Å²) in [4.78, 5) is 0.199. The monoisotopic (exact) mass is 181 g/mol. The van der Waals surface area contributed by atoms with Gasteiger partial charge in [0, 0.05) is 0 Å². The van der Waals surface area contributed by atoms with Crippen molar-refractivity contribution < 1.29 is 8.42 Å². The van der Waals surface area contributed by atoms with Gasteiger partial charge in [0.15, 0.2) is 0 Å². The van der Waals surface area contributed by atoms with Gasteiger partial charge in [-0.3, -0.25) is 0 Å². The van der Waals surface area contributed by atoms with Gasteiger partial charge in [0.1, 0.15) is 11.4 Å². The van der Waals surface area contributed by atoms with Crippen LogP contribution in [0.2, 0.25) is 0 Å². The van der Waals surface area contributed by atoms with E-state index in [0.29, 0.717) is 11.4 Å². The Labute approximate surface area is 69.3 Å². The zero-order chi connectivity index (χ0) is 8.55. The molecule has 0 saturated carbocycles. The van der Waals surface area contributed by atoms with Crippen LogP contribution in [0.1, 0.15) is 0 Å². The molecule has 0 atom stereocenters. The summed E-state index contributed by atoms with van der Waals surface area (Å²) >= 11 is 0. The van der Waals surface area contributed by atoms with Gasteiger partial charge >= 0.3 is 0 Å². The average molecular weight is 181 g/mol. The van der Waals surface area contributed by atoms with Crippen molar-refractivity contribution >= 4 is 20.9 Å². The topological polar surface area (TPSA) is 71.2 Å². The van der Waals surface area contributed by atoms with Gasteiger partial charge in [-0.25, -0.2) is 0 Å². The molecule has 0 saturated heterocycles. The Morgan fingerprint density at radius 3 is 2.83 bits per heavy atom. The second-order valence-corrected chi connectivity index (χ2v) is 3.12. The smallest absolute Gasteiger partial charge is 0.184 e. The molecule has 0 N–H and O–H groups in total. The van der Waals surface area contributed by atoms with Crippen LogP contribution >= 0.6 is 0 Å². The summed E-state index contributed by atoms with van der Waals surface area (Å²) in [5.41, 5.74) is 1.10. The molecule has 0 fully saturated rings. The maximum absolute atomic E-state index is 10.5. The predicted molar refractivity (Wildman–Crippen MR) is 43.4 cm³/mol. The molecule has 60 valence electrons. The molecule has 0 amide bonds. The summed E-state index contributed by atoms with van der Waals surface area (Å²) in [6, 6.07) is 0. The fraction of sp³-hybridized carbons (Fsp3) is 0. The number of rotatable bonds is 0. The minimum Gasteiger partial charge on any atom is -0.184 e. The van der Waals surface area contributed by atoms with E-state index in [9.17, 15) is 8.42 Å². The molecule has 12 heavy (non-hydrogen) atoms. The molecule has 0 radical (unpaired) electrons. The van der Waals surface area contributed by atoms with Gasteiger partial charge in [-0.1, -0.05) is 0 Å². The Morgan fingerprint density at radius 1 is 1.25 bits per heavy atom. The summed E-state index contributed by atoms with van der Waals surface area (Å²) in [5, 5.41) is 10.7. The van der Waals surface area contributed by atoms with Crippen molar-refractivity contribution in [3.63, 3.8) is 0 Å². The minimum atomic E-state index is -2.21. The number of allylic oxidation sites excluding steroid dienone is 3. The van der Waals surface area contributed by atoms with Gasteiger partial charge in [0.25, 0.3) is 0 Å². The van der Waals surface area contributed by atoms with E-state index in [-0.39, 0.29) is 4.86 Å². The normalized spacial score (nSPS) is 18.8. The van der Waals surface area contributed by atoms with E-state index in [1.165, 1.54) is 12.2 Å². The number of fused-ring (bicyclic) bond motifs is 1. The Hall–Kier alpha value is -1.56. The van der Waals surface area contributed by atoms with Gasteiger partial charge in [0.2, 0.25) is 10.3 Å². The Bertz CT molecular complexity index is 471. The molecule has 1 aliphatic carbocycles. The summed E-state index contributed by atoms with van der Waals surface area (Å²) in [6.45, 7) is 0. The fourth-order valence-electron chi connectivity index (χ4n) is 0.890. The SMILES string of the molecule is O=S(=O)=C1C=CC2=NN=NC2=C1. The van der Waals surface area contributed by atoms with Crippen LogP contribution in [0.5, 0.6) is 0 Å². The van der Waals surface area contributed by atoms with Crippen LogP contribution < -0.4 is 0 Å². The standard InChI is InChI=1S/C6H3N3O2S/c10-12(11)4-1-2-5-6(3-4)8-9-7-5/h1-3H. The molecule has 0 aromatic carbocycles. The first kappa shape index (κ1) is 7.11. The van der Waals surface area contributed by atoms with Crippen LogP contribution in [-0.2, 0) is 10.3 Å². The zero-order valence-electron chi connectivity index (χ0n) is 5.80. The lowest BCUT2D eigenvalue weighted by Crippen LogP contribution is -2.04. The van der Waals surface area contributed by atoms with Crippen molar-refractivity contribution in [3.8, 4) is 0 Å². The maximum Gasteiger partial charge on any atom is 0.221 e. The highest BCUT2D eigenvalue weighted by Gasteiger charge is 2.14. The third kappa shape index (κ3) is 1.02. The van der Waals surface area contributed by atoms with Crippen molar-refractivity contribution in [2.45, 2.75) is 0 Å². The highest BCUT2D eigenvalue weighted by atomic mass is 32.2. The molecule has 5 nitrogen and oxygen atoms in total. The highest BCUT2D eigenvalue weighted by molar-refractivity contribution is 7.73. The van der Waals surface area contributed by atoms with E-state index in [2.05, 4.69) is 15.4 Å². The molecule has 0 spiro atoms. The van der Waals surface area contributed by atoms with Gasteiger partial charge in [-0.05, 0) is 23.5 Å².